The van der Waals surface area contributed by atoms with Crippen molar-refractivity contribution in [2.45, 2.75) is 12.5 Å². The minimum atomic E-state index is 0.569. The van der Waals surface area contributed by atoms with E-state index in [2.05, 4.69) is 34.6 Å². The molecular formula is C12H12N2. The Morgan fingerprint density at radius 2 is 2.21 bits per heavy atom. The lowest BCUT2D eigenvalue weighted by atomic mass is 9.97. The van der Waals surface area contributed by atoms with Crippen molar-refractivity contribution in [1.29, 1.82) is 0 Å². The summed E-state index contributed by atoms with van der Waals surface area (Å²) in [6.45, 7) is 1.15. The Kier molecular flexibility index (Phi) is 1.74. The van der Waals surface area contributed by atoms with Crippen molar-refractivity contribution in [1.82, 2.24) is 10.3 Å². The van der Waals surface area contributed by atoms with Crippen molar-refractivity contribution < 1.29 is 0 Å². The normalized spacial score (nSPS) is 20.7. The van der Waals surface area contributed by atoms with Crippen LogP contribution in [0.5, 0.6) is 0 Å². The molecule has 70 valence electrons. The van der Waals surface area contributed by atoms with Crippen LogP contribution in [0.15, 0.2) is 36.5 Å². The highest BCUT2D eigenvalue weighted by molar-refractivity contribution is 5.79. The summed E-state index contributed by atoms with van der Waals surface area (Å²) in [7, 11) is 0. The number of rotatable bonds is 1. The third-order valence-electron chi connectivity index (χ3n) is 2.85. The van der Waals surface area contributed by atoms with Gasteiger partial charge in [-0.3, -0.25) is 4.98 Å². The molecule has 2 aromatic rings. The van der Waals surface area contributed by atoms with Gasteiger partial charge in [-0.1, -0.05) is 12.1 Å². The largest absolute Gasteiger partial charge is 0.310 e. The Morgan fingerprint density at radius 1 is 1.29 bits per heavy atom. The summed E-state index contributed by atoms with van der Waals surface area (Å²) in [5.74, 6) is 0. The Labute approximate surface area is 83.0 Å². The standard InChI is InChI=1S/C12H12N2/c1-2-9-8-10(12-5-7-14-12)3-4-11(9)13-6-1/h1-4,6,8,12,14H,5,7H2. The molecule has 2 heterocycles. The molecule has 1 N–H and O–H groups in total. The SMILES string of the molecule is c1cnc2ccc(C3CCN3)cc2c1. The van der Waals surface area contributed by atoms with Crippen molar-refractivity contribution in [3.05, 3.63) is 42.1 Å². The van der Waals surface area contributed by atoms with E-state index in [9.17, 15) is 0 Å². The molecule has 0 radical (unpaired) electrons. The van der Waals surface area contributed by atoms with Crippen LogP contribution in [0.25, 0.3) is 10.9 Å². The molecule has 1 atom stereocenters. The highest BCUT2D eigenvalue weighted by Crippen LogP contribution is 2.25. The van der Waals surface area contributed by atoms with Crippen molar-refractivity contribution in [3.63, 3.8) is 0 Å². The monoisotopic (exact) mass is 184 g/mol. The molecule has 0 amide bonds. The third-order valence-corrected chi connectivity index (χ3v) is 2.85. The van der Waals surface area contributed by atoms with E-state index in [1.54, 1.807) is 0 Å². The lowest BCUT2D eigenvalue weighted by molar-refractivity contribution is 0.383. The van der Waals surface area contributed by atoms with E-state index in [1.807, 2.05) is 12.3 Å². The molecule has 0 aliphatic carbocycles. The average molecular weight is 184 g/mol. The summed E-state index contributed by atoms with van der Waals surface area (Å²) < 4.78 is 0. The van der Waals surface area contributed by atoms with E-state index in [0.717, 1.165) is 12.1 Å². The summed E-state index contributed by atoms with van der Waals surface area (Å²) in [5, 5.41) is 4.64. The first-order valence-electron chi connectivity index (χ1n) is 5.01. The number of hydrogen-bond acceptors (Lipinski definition) is 2. The fraction of sp³-hybridized carbons (Fsp3) is 0.250. The predicted octanol–water partition coefficient (Wildman–Crippen LogP) is 2.27. The number of nitrogens with one attached hydrogen (secondary N) is 1. The molecule has 2 nitrogen and oxygen atoms in total. The highest BCUT2D eigenvalue weighted by atomic mass is 15.0. The second-order valence-corrected chi connectivity index (χ2v) is 3.75. The molecule has 1 aliphatic heterocycles. The van der Waals surface area contributed by atoms with Crippen LogP contribution in [0.1, 0.15) is 18.0 Å². The molecule has 0 bridgehead atoms. The lowest BCUT2D eigenvalue weighted by Gasteiger charge is -2.28. The number of hydrogen-bond donors (Lipinski definition) is 1. The number of aromatic nitrogens is 1. The first-order chi connectivity index (χ1) is 6.93. The topological polar surface area (TPSA) is 24.9 Å². The van der Waals surface area contributed by atoms with Crippen LogP contribution in [0.3, 0.4) is 0 Å². The van der Waals surface area contributed by atoms with Crippen LogP contribution in [-0.4, -0.2) is 11.5 Å². The quantitative estimate of drug-likeness (QED) is 0.735. The van der Waals surface area contributed by atoms with Crippen LogP contribution in [0.4, 0.5) is 0 Å². The van der Waals surface area contributed by atoms with Crippen molar-refractivity contribution in [2.24, 2.45) is 0 Å². The molecule has 1 aliphatic rings. The number of fused-ring (bicyclic) bond motifs is 1. The number of nitrogens with zero attached hydrogens (tertiary/aromatic N) is 1. The van der Waals surface area contributed by atoms with Gasteiger partial charge in [0.25, 0.3) is 0 Å². The third kappa shape index (κ3) is 1.19. The summed E-state index contributed by atoms with van der Waals surface area (Å²) in [4.78, 5) is 4.31. The maximum atomic E-state index is 4.31. The minimum absolute atomic E-state index is 0.569. The van der Waals surface area contributed by atoms with Gasteiger partial charge in [-0.15, -0.1) is 0 Å². The fourth-order valence-electron chi connectivity index (χ4n) is 1.88. The van der Waals surface area contributed by atoms with Gasteiger partial charge in [0, 0.05) is 17.6 Å². The highest BCUT2D eigenvalue weighted by Gasteiger charge is 2.18. The molecule has 1 aromatic carbocycles. The maximum Gasteiger partial charge on any atom is 0.0702 e. The van der Waals surface area contributed by atoms with E-state index in [1.165, 1.54) is 17.4 Å². The minimum Gasteiger partial charge on any atom is -0.310 e. The van der Waals surface area contributed by atoms with Crippen molar-refractivity contribution >= 4 is 10.9 Å². The zero-order valence-electron chi connectivity index (χ0n) is 7.90. The maximum absolute atomic E-state index is 4.31. The first kappa shape index (κ1) is 7.94. The Hall–Kier alpha value is -1.41. The van der Waals surface area contributed by atoms with Crippen LogP contribution in [-0.2, 0) is 0 Å². The Morgan fingerprint density at radius 3 is 3.00 bits per heavy atom. The van der Waals surface area contributed by atoms with Crippen LogP contribution < -0.4 is 5.32 Å². The lowest BCUT2D eigenvalue weighted by Crippen LogP contribution is -2.34. The van der Waals surface area contributed by atoms with Crippen LogP contribution in [0.2, 0.25) is 0 Å². The summed E-state index contributed by atoms with van der Waals surface area (Å²) >= 11 is 0. The molecule has 1 aromatic heterocycles. The molecule has 1 unspecified atom stereocenters. The van der Waals surface area contributed by atoms with Crippen molar-refractivity contribution in [3.8, 4) is 0 Å². The van der Waals surface area contributed by atoms with Crippen LogP contribution >= 0.6 is 0 Å². The van der Waals surface area contributed by atoms with Gasteiger partial charge in [0.15, 0.2) is 0 Å². The van der Waals surface area contributed by atoms with Gasteiger partial charge in [-0.25, -0.2) is 0 Å². The fourth-order valence-corrected chi connectivity index (χ4v) is 1.88. The molecule has 0 spiro atoms. The van der Waals surface area contributed by atoms with E-state index in [0.29, 0.717) is 6.04 Å². The van der Waals surface area contributed by atoms with E-state index >= 15 is 0 Å². The smallest absolute Gasteiger partial charge is 0.0702 e. The molecule has 3 rings (SSSR count). The zero-order valence-corrected chi connectivity index (χ0v) is 7.90. The van der Waals surface area contributed by atoms with E-state index in [4.69, 9.17) is 0 Å². The van der Waals surface area contributed by atoms with Gasteiger partial charge in [0.1, 0.15) is 0 Å². The van der Waals surface area contributed by atoms with Gasteiger partial charge >= 0.3 is 0 Å². The molecule has 2 heteroatoms. The molecule has 1 fully saturated rings. The summed E-state index contributed by atoms with van der Waals surface area (Å²) in [6, 6.07) is 11.2. The van der Waals surface area contributed by atoms with Gasteiger partial charge in [-0.2, -0.15) is 0 Å². The molecular weight excluding hydrogens is 172 g/mol. The van der Waals surface area contributed by atoms with Gasteiger partial charge in [0.2, 0.25) is 0 Å². The zero-order chi connectivity index (χ0) is 9.38. The Bertz CT molecular complexity index is 461. The predicted molar refractivity (Wildman–Crippen MR) is 57.1 cm³/mol. The molecule has 0 saturated carbocycles. The molecule has 1 saturated heterocycles. The number of pyridine rings is 1. The second kappa shape index (κ2) is 3.07. The van der Waals surface area contributed by atoms with Gasteiger partial charge in [-0.05, 0) is 36.7 Å². The average Bonchev–Trinajstić information content (AvgIpc) is 2.15. The second-order valence-electron chi connectivity index (χ2n) is 3.75. The molecule has 14 heavy (non-hydrogen) atoms. The summed E-state index contributed by atoms with van der Waals surface area (Å²) in [6.07, 6.45) is 3.09. The first-order valence-corrected chi connectivity index (χ1v) is 5.01. The Balaban J connectivity index is 2.10. The van der Waals surface area contributed by atoms with E-state index < -0.39 is 0 Å². The van der Waals surface area contributed by atoms with Crippen molar-refractivity contribution in [2.75, 3.05) is 6.54 Å². The van der Waals surface area contributed by atoms with E-state index in [-0.39, 0.29) is 0 Å². The summed E-state index contributed by atoms with van der Waals surface area (Å²) in [5.41, 5.74) is 2.47. The van der Waals surface area contributed by atoms with Crippen LogP contribution in [0, 0.1) is 0 Å². The van der Waals surface area contributed by atoms with Gasteiger partial charge < -0.3 is 5.32 Å². The number of benzene rings is 1. The van der Waals surface area contributed by atoms with Gasteiger partial charge in [0.05, 0.1) is 5.52 Å².